The van der Waals surface area contributed by atoms with Gasteiger partial charge in [0.05, 0.1) is 11.6 Å². The minimum atomic E-state index is -1.16. The summed E-state index contributed by atoms with van der Waals surface area (Å²) in [5.41, 5.74) is 7.83. The van der Waals surface area contributed by atoms with Gasteiger partial charge in [-0.3, -0.25) is 0 Å². The van der Waals surface area contributed by atoms with E-state index in [0.29, 0.717) is 17.5 Å². The zero-order valence-electron chi connectivity index (χ0n) is 20.9. The summed E-state index contributed by atoms with van der Waals surface area (Å²) >= 11 is 1.51. The van der Waals surface area contributed by atoms with Gasteiger partial charge in [0.25, 0.3) is 0 Å². The Morgan fingerprint density at radius 3 is 2.37 bits per heavy atom. The van der Waals surface area contributed by atoms with Gasteiger partial charge >= 0.3 is 0 Å². The first-order chi connectivity index (χ1) is 16.9. The maximum absolute atomic E-state index is 9.08. The molecule has 0 radical (unpaired) electrons. The maximum atomic E-state index is 9.08. The van der Waals surface area contributed by atoms with Crippen molar-refractivity contribution >= 4 is 31.5 Å². The van der Waals surface area contributed by atoms with E-state index in [1.54, 1.807) is 0 Å². The molecule has 2 aliphatic carbocycles. The lowest BCUT2D eigenvalue weighted by atomic mass is 9.99. The predicted molar refractivity (Wildman–Crippen MR) is 143 cm³/mol. The van der Waals surface area contributed by atoms with Gasteiger partial charge in [-0.1, -0.05) is 25.7 Å². The van der Waals surface area contributed by atoms with Gasteiger partial charge in [0.1, 0.15) is 6.73 Å². The van der Waals surface area contributed by atoms with Crippen LogP contribution in [0.15, 0.2) is 40.4 Å². The van der Waals surface area contributed by atoms with Gasteiger partial charge in [0.15, 0.2) is 0 Å². The number of anilines is 2. The third-order valence-corrected chi connectivity index (χ3v) is 9.33. The first kappa shape index (κ1) is 24.1. The van der Waals surface area contributed by atoms with Crippen molar-refractivity contribution < 1.29 is 4.74 Å². The molecule has 0 atom stereocenters. The predicted octanol–water partition coefficient (Wildman–Crippen LogP) is 6.33. The lowest BCUT2D eigenvalue weighted by Crippen LogP contribution is -2.22. The quantitative estimate of drug-likeness (QED) is 0.271. The van der Waals surface area contributed by atoms with Crippen LogP contribution in [-0.2, 0) is 37.2 Å². The average Bonchev–Trinajstić information content (AvgIpc) is 3.56. The Hall–Kier alpha value is -2.60. The molecule has 0 amide bonds. The second kappa shape index (κ2) is 10.2. The molecule has 0 saturated carbocycles. The van der Waals surface area contributed by atoms with Crippen LogP contribution < -0.4 is 5.32 Å². The number of fused-ring (bicyclic) bond motifs is 2. The lowest BCUT2D eigenvalue weighted by Gasteiger charge is -2.18. The van der Waals surface area contributed by atoms with E-state index in [0.717, 1.165) is 36.3 Å². The topological polar surface area (TPSA) is 75.8 Å². The number of nitrogens with one attached hydrogen (secondary N) is 1. The fraction of sp³-hybridized carbons (Fsp3) is 0.444. The second-order valence-corrected chi connectivity index (χ2v) is 17.3. The summed E-state index contributed by atoms with van der Waals surface area (Å²) in [5.74, 6) is 0.739. The molecular weight excluding hydrogens is 470 g/mol. The van der Waals surface area contributed by atoms with Crippen molar-refractivity contribution in [2.75, 3.05) is 11.9 Å². The van der Waals surface area contributed by atoms with Crippen LogP contribution in [0.5, 0.6) is 0 Å². The molecule has 0 saturated heterocycles. The minimum absolute atomic E-state index is 0.380. The van der Waals surface area contributed by atoms with Crippen LogP contribution in [0, 0.1) is 11.3 Å². The summed E-state index contributed by atoms with van der Waals surface area (Å²) in [4.78, 5) is 5.90. The molecule has 1 N–H and O–H groups in total. The van der Waals surface area contributed by atoms with E-state index >= 15 is 0 Å². The van der Waals surface area contributed by atoms with Gasteiger partial charge in [0.2, 0.25) is 11.1 Å². The monoisotopic (exact) mass is 503 g/mol. The normalized spacial score (nSPS) is 14.6. The molecule has 8 heteroatoms. The summed E-state index contributed by atoms with van der Waals surface area (Å²) in [6.45, 7) is 8.21. The van der Waals surface area contributed by atoms with E-state index < -0.39 is 8.07 Å². The van der Waals surface area contributed by atoms with E-state index in [1.807, 2.05) is 28.9 Å². The van der Waals surface area contributed by atoms with Crippen LogP contribution in [0.2, 0.25) is 25.7 Å². The van der Waals surface area contributed by atoms with Crippen molar-refractivity contribution in [1.29, 1.82) is 5.26 Å². The average molecular weight is 504 g/mol. The Bertz CT molecular complexity index is 1220. The first-order valence-corrected chi connectivity index (χ1v) is 17.1. The van der Waals surface area contributed by atoms with Crippen LogP contribution in [0.3, 0.4) is 0 Å². The summed E-state index contributed by atoms with van der Waals surface area (Å²) in [5, 5.41) is 18.3. The molecule has 3 aromatic rings. The van der Waals surface area contributed by atoms with Crippen molar-refractivity contribution in [3.05, 3.63) is 58.1 Å². The summed E-state index contributed by atoms with van der Waals surface area (Å²) in [6.07, 6.45) is 7.03. The molecule has 0 unspecified atom stereocenters. The number of hydrogen-bond donors (Lipinski definition) is 1. The second-order valence-electron chi connectivity index (χ2n) is 10.7. The summed E-state index contributed by atoms with van der Waals surface area (Å²) < 4.78 is 7.93. The Kier molecular flexibility index (Phi) is 7.01. The van der Waals surface area contributed by atoms with Crippen LogP contribution in [0.25, 0.3) is 0 Å². The van der Waals surface area contributed by atoms with Crippen molar-refractivity contribution in [1.82, 2.24) is 14.8 Å². The van der Waals surface area contributed by atoms with Gasteiger partial charge in [-0.15, -0.1) is 5.10 Å². The number of aromatic nitrogens is 3. The molecule has 0 aliphatic heterocycles. The van der Waals surface area contributed by atoms with Gasteiger partial charge in [-0.25, -0.2) is 4.68 Å². The molecule has 1 heterocycles. The molecule has 182 valence electrons. The van der Waals surface area contributed by atoms with Crippen LogP contribution >= 0.6 is 11.8 Å². The van der Waals surface area contributed by atoms with Crippen LogP contribution in [0.4, 0.5) is 11.6 Å². The molecule has 2 aliphatic rings. The largest absolute Gasteiger partial charge is 0.359 e. The molecule has 1 aromatic heterocycles. The number of ether oxygens (including phenoxy) is 1. The molecule has 0 fully saturated rings. The highest BCUT2D eigenvalue weighted by Crippen LogP contribution is 2.40. The van der Waals surface area contributed by atoms with E-state index in [9.17, 15) is 0 Å². The first-order valence-electron chi connectivity index (χ1n) is 12.5. The highest BCUT2D eigenvalue weighted by molar-refractivity contribution is 7.99. The maximum Gasteiger partial charge on any atom is 0.228 e. The van der Waals surface area contributed by atoms with E-state index in [1.165, 1.54) is 65.4 Å². The SMILES string of the molecule is C[Si](C)(C)CCOCn1nc(Sc2ccc(C#N)cc2)nc1Nc1c2c(cc3c1CCC3)CCC2. The van der Waals surface area contributed by atoms with Gasteiger partial charge in [0, 0.05) is 25.3 Å². The number of rotatable bonds is 9. The lowest BCUT2D eigenvalue weighted by molar-refractivity contribution is 0.0792. The molecule has 0 spiro atoms. The highest BCUT2D eigenvalue weighted by atomic mass is 32.2. The number of hydrogen-bond acceptors (Lipinski definition) is 6. The van der Waals surface area contributed by atoms with Crippen molar-refractivity contribution in [2.24, 2.45) is 0 Å². The minimum Gasteiger partial charge on any atom is -0.359 e. The zero-order chi connectivity index (χ0) is 24.4. The van der Waals surface area contributed by atoms with E-state index in [-0.39, 0.29) is 0 Å². The smallest absolute Gasteiger partial charge is 0.228 e. The van der Waals surface area contributed by atoms with E-state index in [2.05, 4.69) is 37.1 Å². The zero-order valence-corrected chi connectivity index (χ0v) is 22.7. The third kappa shape index (κ3) is 5.63. The number of benzene rings is 2. The van der Waals surface area contributed by atoms with Crippen molar-refractivity contribution in [3.8, 4) is 6.07 Å². The number of nitrogens with zero attached hydrogens (tertiary/aromatic N) is 4. The Morgan fingerprint density at radius 2 is 1.74 bits per heavy atom. The Morgan fingerprint density at radius 1 is 1.06 bits per heavy atom. The van der Waals surface area contributed by atoms with Gasteiger partial charge in [-0.2, -0.15) is 10.2 Å². The standard InChI is InChI=1S/C27H33N5OSSi/c1-35(2,3)15-14-33-18-32-26(30-27(31-32)34-22-12-10-19(17-28)11-13-22)29-25-23-8-4-6-20(23)16-21-7-5-9-24(21)25/h10-13,16H,4-9,14-15,18H2,1-3H3,(H,29,30,31). The molecular formula is C27H33N5OSSi. The Balaban J connectivity index is 1.42. The molecule has 35 heavy (non-hydrogen) atoms. The van der Waals surface area contributed by atoms with Gasteiger partial charge in [-0.05, 0) is 103 Å². The Labute approximate surface area is 213 Å². The number of aryl methyl sites for hydroxylation is 2. The van der Waals surface area contributed by atoms with E-state index in [4.69, 9.17) is 20.1 Å². The fourth-order valence-electron chi connectivity index (χ4n) is 4.86. The highest BCUT2D eigenvalue weighted by Gasteiger charge is 2.25. The number of nitriles is 1. The van der Waals surface area contributed by atoms with Crippen LogP contribution in [-0.4, -0.2) is 29.4 Å². The summed E-state index contributed by atoms with van der Waals surface area (Å²) in [6, 6.07) is 13.3. The molecule has 2 aromatic carbocycles. The molecule has 0 bridgehead atoms. The summed E-state index contributed by atoms with van der Waals surface area (Å²) in [7, 11) is -1.16. The van der Waals surface area contributed by atoms with Crippen molar-refractivity contribution in [2.45, 2.75) is 81.0 Å². The van der Waals surface area contributed by atoms with Crippen LogP contribution in [0.1, 0.15) is 40.7 Å². The third-order valence-electron chi connectivity index (χ3n) is 6.76. The fourth-order valence-corrected chi connectivity index (χ4v) is 6.37. The molecule has 6 nitrogen and oxygen atoms in total. The van der Waals surface area contributed by atoms with Gasteiger partial charge < -0.3 is 10.1 Å². The van der Waals surface area contributed by atoms with Crippen molar-refractivity contribution in [3.63, 3.8) is 0 Å². The molecule has 5 rings (SSSR count).